The van der Waals surface area contributed by atoms with Crippen molar-refractivity contribution in [1.82, 2.24) is 10.6 Å². The molecule has 0 spiro atoms. The van der Waals surface area contributed by atoms with Crippen LogP contribution in [0.25, 0.3) is 0 Å². The molecule has 31 heavy (non-hydrogen) atoms. The highest BCUT2D eigenvalue weighted by Crippen LogP contribution is 2.34. The molecular weight excluding hydrogens is 394 g/mol. The molecule has 1 saturated carbocycles. The third kappa shape index (κ3) is 5.35. The molecule has 164 valence electrons. The minimum absolute atomic E-state index is 0.0324. The van der Waals surface area contributed by atoms with E-state index in [4.69, 9.17) is 9.47 Å². The topological polar surface area (TPSA) is 88.7 Å². The van der Waals surface area contributed by atoms with Crippen molar-refractivity contribution in [3.05, 3.63) is 53.6 Å². The van der Waals surface area contributed by atoms with E-state index in [2.05, 4.69) is 29.8 Å². The number of ether oxygens (including phenoxy) is 2. The first-order valence-electron chi connectivity index (χ1n) is 10.8. The van der Waals surface area contributed by atoms with Gasteiger partial charge >= 0.3 is 0 Å². The Balaban J connectivity index is 1.40. The molecule has 4 rings (SSSR count). The van der Waals surface area contributed by atoms with Crippen LogP contribution < -0.4 is 25.4 Å². The monoisotopic (exact) mass is 423 g/mol. The number of fused-ring (bicyclic) bond motifs is 1. The highest BCUT2D eigenvalue weighted by molar-refractivity contribution is 6.04. The summed E-state index contributed by atoms with van der Waals surface area (Å²) in [5.74, 6) is 1.39. The van der Waals surface area contributed by atoms with Gasteiger partial charge in [0.05, 0.1) is 17.8 Å². The number of anilines is 1. The van der Waals surface area contributed by atoms with E-state index in [1.54, 1.807) is 18.2 Å². The van der Waals surface area contributed by atoms with Crippen molar-refractivity contribution in [2.45, 2.75) is 38.8 Å². The molecule has 1 atom stereocenters. The minimum Gasteiger partial charge on any atom is -0.486 e. The predicted molar refractivity (Wildman–Crippen MR) is 119 cm³/mol. The van der Waals surface area contributed by atoms with Crippen LogP contribution in [0.3, 0.4) is 0 Å². The molecule has 3 N–H and O–H groups in total. The van der Waals surface area contributed by atoms with Gasteiger partial charge in [-0.15, -0.1) is 0 Å². The third-order valence-electron chi connectivity index (χ3n) is 5.43. The standard InChI is InChI=1S/C24H29N3O4/c1-15(2)23(16-7-10-20-21(13-16)31-12-11-30-20)25-14-22(28)27-19-6-4-3-5-18(19)24(29)26-17-8-9-17/h3-7,10,13,15,17,23,25H,8-9,11-12,14H2,1-2H3,(H,26,29)(H,27,28)/t23-/m1/s1. The molecule has 2 aliphatic rings. The predicted octanol–water partition coefficient (Wildman–Crippen LogP) is 3.28. The second kappa shape index (κ2) is 9.39. The number of benzene rings is 2. The van der Waals surface area contributed by atoms with E-state index in [0.29, 0.717) is 24.5 Å². The normalized spacial score (nSPS) is 16.0. The lowest BCUT2D eigenvalue weighted by atomic mass is 9.95. The highest BCUT2D eigenvalue weighted by atomic mass is 16.6. The summed E-state index contributed by atoms with van der Waals surface area (Å²) >= 11 is 0. The van der Waals surface area contributed by atoms with Crippen molar-refractivity contribution < 1.29 is 19.1 Å². The van der Waals surface area contributed by atoms with Gasteiger partial charge in [0.1, 0.15) is 13.2 Å². The molecule has 2 amide bonds. The summed E-state index contributed by atoms with van der Waals surface area (Å²) in [5, 5.41) is 9.19. The number of carbonyl (C=O) groups excluding carboxylic acids is 2. The lowest BCUT2D eigenvalue weighted by molar-refractivity contribution is -0.115. The molecule has 0 radical (unpaired) electrons. The molecule has 2 aromatic rings. The Hall–Kier alpha value is -3.06. The third-order valence-corrected chi connectivity index (χ3v) is 5.43. The minimum atomic E-state index is -0.199. The molecule has 0 aromatic heterocycles. The van der Waals surface area contributed by atoms with Gasteiger partial charge in [0.25, 0.3) is 5.91 Å². The Bertz CT molecular complexity index is 956. The quantitative estimate of drug-likeness (QED) is 0.606. The van der Waals surface area contributed by atoms with Crippen molar-refractivity contribution in [3.63, 3.8) is 0 Å². The summed E-state index contributed by atoms with van der Waals surface area (Å²) < 4.78 is 11.3. The van der Waals surface area contributed by atoms with E-state index < -0.39 is 0 Å². The van der Waals surface area contributed by atoms with Gasteiger partial charge in [0, 0.05) is 12.1 Å². The number of hydrogen-bond donors (Lipinski definition) is 3. The second-order valence-electron chi connectivity index (χ2n) is 8.35. The summed E-state index contributed by atoms with van der Waals surface area (Å²) in [7, 11) is 0. The maximum Gasteiger partial charge on any atom is 0.253 e. The zero-order valence-corrected chi connectivity index (χ0v) is 17.9. The fourth-order valence-corrected chi connectivity index (χ4v) is 3.67. The summed E-state index contributed by atoms with van der Waals surface area (Å²) in [5.41, 5.74) is 2.04. The fourth-order valence-electron chi connectivity index (χ4n) is 3.67. The zero-order valence-electron chi connectivity index (χ0n) is 17.9. The van der Waals surface area contributed by atoms with Crippen molar-refractivity contribution in [3.8, 4) is 11.5 Å². The Morgan fingerprint density at radius 3 is 2.52 bits per heavy atom. The molecule has 7 heteroatoms. The van der Waals surface area contributed by atoms with Crippen LogP contribution in [0.15, 0.2) is 42.5 Å². The van der Waals surface area contributed by atoms with Crippen LogP contribution in [0.5, 0.6) is 11.5 Å². The number of rotatable bonds is 8. The SMILES string of the molecule is CC(C)[C@@H](NCC(=O)Nc1ccccc1C(=O)NC1CC1)c1ccc2c(c1)OCCO2. The Morgan fingerprint density at radius 2 is 1.77 bits per heavy atom. The van der Waals surface area contributed by atoms with Crippen molar-refractivity contribution >= 4 is 17.5 Å². The van der Waals surface area contributed by atoms with Crippen LogP contribution in [0, 0.1) is 5.92 Å². The van der Waals surface area contributed by atoms with Gasteiger partial charge in [-0.3, -0.25) is 9.59 Å². The van der Waals surface area contributed by atoms with E-state index in [0.717, 1.165) is 29.9 Å². The number of amides is 2. The van der Waals surface area contributed by atoms with E-state index >= 15 is 0 Å². The average Bonchev–Trinajstić information content (AvgIpc) is 3.58. The largest absolute Gasteiger partial charge is 0.486 e. The highest BCUT2D eigenvalue weighted by Gasteiger charge is 2.25. The van der Waals surface area contributed by atoms with Gasteiger partial charge in [-0.1, -0.05) is 32.0 Å². The molecule has 0 unspecified atom stereocenters. The van der Waals surface area contributed by atoms with E-state index in [1.165, 1.54) is 0 Å². The first kappa shape index (κ1) is 21.2. The van der Waals surface area contributed by atoms with Gasteiger partial charge in [-0.2, -0.15) is 0 Å². The van der Waals surface area contributed by atoms with Crippen LogP contribution in [-0.4, -0.2) is 37.6 Å². The summed E-state index contributed by atoms with van der Waals surface area (Å²) in [6.07, 6.45) is 2.03. The van der Waals surface area contributed by atoms with Crippen LogP contribution in [0.1, 0.15) is 48.7 Å². The summed E-state index contributed by atoms with van der Waals surface area (Å²) in [6, 6.07) is 13.2. The van der Waals surface area contributed by atoms with Crippen LogP contribution in [-0.2, 0) is 4.79 Å². The maximum atomic E-state index is 12.7. The van der Waals surface area contributed by atoms with Gasteiger partial charge in [0.15, 0.2) is 11.5 Å². The average molecular weight is 424 g/mol. The molecule has 1 heterocycles. The number of hydrogen-bond acceptors (Lipinski definition) is 5. The van der Waals surface area contributed by atoms with Crippen molar-refractivity contribution in [2.75, 3.05) is 25.1 Å². The summed E-state index contributed by atoms with van der Waals surface area (Å²) in [6.45, 7) is 5.41. The first-order valence-corrected chi connectivity index (χ1v) is 10.8. The number of para-hydroxylation sites is 1. The van der Waals surface area contributed by atoms with Crippen LogP contribution in [0.2, 0.25) is 0 Å². The Morgan fingerprint density at radius 1 is 1.03 bits per heavy atom. The maximum absolute atomic E-state index is 12.7. The molecule has 2 aromatic carbocycles. The van der Waals surface area contributed by atoms with Gasteiger partial charge in [0.2, 0.25) is 5.91 Å². The van der Waals surface area contributed by atoms with E-state index in [1.807, 2.05) is 24.3 Å². The van der Waals surface area contributed by atoms with E-state index in [9.17, 15) is 9.59 Å². The smallest absolute Gasteiger partial charge is 0.253 e. The molecule has 1 aliphatic carbocycles. The van der Waals surface area contributed by atoms with Crippen LogP contribution >= 0.6 is 0 Å². The lowest BCUT2D eigenvalue weighted by Gasteiger charge is -2.25. The Kier molecular flexibility index (Phi) is 6.42. The molecule has 7 nitrogen and oxygen atoms in total. The van der Waals surface area contributed by atoms with Crippen molar-refractivity contribution in [1.29, 1.82) is 0 Å². The first-order chi connectivity index (χ1) is 15.0. The molecule has 0 bridgehead atoms. The molecular formula is C24H29N3O4. The molecule has 0 saturated heterocycles. The van der Waals surface area contributed by atoms with E-state index in [-0.39, 0.29) is 36.4 Å². The van der Waals surface area contributed by atoms with Crippen LogP contribution in [0.4, 0.5) is 5.69 Å². The van der Waals surface area contributed by atoms with Crippen molar-refractivity contribution in [2.24, 2.45) is 5.92 Å². The number of carbonyl (C=O) groups is 2. The van der Waals surface area contributed by atoms with Gasteiger partial charge in [-0.25, -0.2) is 0 Å². The zero-order chi connectivity index (χ0) is 21.8. The molecule has 1 aliphatic heterocycles. The van der Waals surface area contributed by atoms with Gasteiger partial charge in [-0.05, 0) is 48.6 Å². The summed E-state index contributed by atoms with van der Waals surface area (Å²) in [4.78, 5) is 25.1. The Labute approximate surface area is 182 Å². The fraction of sp³-hybridized carbons (Fsp3) is 0.417. The lowest BCUT2D eigenvalue weighted by Crippen LogP contribution is -2.34. The van der Waals surface area contributed by atoms with Gasteiger partial charge < -0.3 is 25.4 Å². The molecule has 1 fully saturated rings. The second-order valence-corrected chi connectivity index (χ2v) is 8.35. The number of nitrogens with one attached hydrogen (secondary N) is 3.